The molecule has 1 heterocycles. The highest BCUT2D eigenvalue weighted by Crippen LogP contribution is 2.25. The zero-order valence-electron chi connectivity index (χ0n) is 16.5. The first-order valence-electron chi connectivity index (χ1n) is 9.65. The van der Waals surface area contributed by atoms with Crippen LogP contribution in [0, 0.1) is 6.92 Å². The molecule has 1 amide bonds. The first kappa shape index (κ1) is 21.2. The molecule has 6 nitrogen and oxygen atoms in total. The number of amides is 1. The standard InChI is InChI=1S/C22H26ClN3O3/c1-16-14-19(4-2-17(16)6-12-27)25-22(28)20-15-18(23)3-5-21(20)29-13-11-26-9-7-24-8-10-26/h2-6,12,14-15,24,27H,7-11,13H2,1H3,(H,25,28)/b12-6-. The summed E-state index contributed by atoms with van der Waals surface area (Å²) < 4.78 is 5.91. The largest absolute Gasteiger partial charge is 0.516 e. The number of nitrogens with zero attached hydrogens (tertiary/aromatic N) is 1. The van der Waals surface area contributed by atoms with E-state index in [1.54, 1.807) is 30.3 Å². The summed E-state index contributed by atoms with van der Waals surface area (Å²) in [4.78, 5) is 15.2. The predicted molar refractivity (Wildman–Crippen MR) is 117 cm³/mol. The lowest BCUT2D eigenvalue weighted by Crippen LogP contribution is -2.44. The average Bonchev–Trinajstić information content (AvgIpc) is 2.72. The minimum atomic E-state index is -0.283. The van der Waals surface area contributed by atoms with Crippen molar-refractivity contribution >= 4 is 29.3 Å². The summed E-state index contributed by atoms with van der Waals surface area (Å²) in [5.74, 6) is 0.230. The SMILES string of the molecule is Cc1cc(NC(=O)c2cc(Cl)ccc2OCCN2CCNCC2)ccc1/C=C\O. The molecule has 7 heteroatoms. The fourth-order valence-electron chi connectivity index (χ4n) is 3.24. The summed E-state index contributed by atoms with van der Waals surface area (Å²) >= 11 is 6.12. The molecule has 3 rings (SSSR count). The fourth-order valence-corrected chi connectivity index (χ4v) is 3.42. The van der Waals surface area contributed by atoms with Gasteiger partial charge < -0.3 is 20.5 Å². The lowest BCUT2D eigenvalue weighted by atomic mass is 10.1. The molecular weight excluding hydrogens is 390 g/mol. The third kappa shape index (κ3) is 5.97. The number of carbonyl (C=O) groups excluding carboxylic acids is 1. The number of nitrogens with one attached hydrogen (secondary N) is 2. The quantitative estimate of drug-likeness (QED) is 0.601. The topological polar surface area (TPSA) is 73.8 Å². The normalized spacial score (nSPS) is 14.8. The lowest BCUT2D eigenvalue weighted by molar-refractivity contribution is 0.102. The number of rotatable bonds is 7. The molecule has 0 saturated carbocycles. The molecule has 2 aromatic carbocycles. The Morgan fingerprint density at radius 1 is 1.28 bits per heavy atom. The molecule has 1 fully saturated rings. The number of piperazine rings is 1. The molecule has 0 atom stereocenters. The van der Waals surface area contributed by atoms with E-state index in [0.29, 0.717) is 28.6 Å². The van der Waals surface area contributed by atoms with Gasteiger partial charge in [-0.2, -0.15) is 0 Å². The van der Waals surface area contributed by atoms with Crippen LogP contribution in [0.4, 0.5) is 5.69 Å². The second kappa shape index (κ2) is 10.3. The highest BCUT2D eigenvalue weighted by molar-refractivity contribution is 6.31. The van der Waals surface area contributed by atoms with Crippen molar-refractivity contribution in [3.05, 3.63) is 64.4 Å². The number of aliphatic hydroxyl groups excluding tert-OH is 1. The van der Waals surface area contributed by atoms with Gasteiger partial charge in [0, 0.05) is 43.4 Å². The van der Waals surface area contributed by atoms with E-state index < -0.39 is 0 Å². The fraction of sp³-hybridized carbons (Fsp3) is 0.318. The van der Waals surface area contributed by atoms with Gasteiger partial charge in [0.2, 0.25) is 0 Å². The Kier molecular flexibility index (Phi) is 7.52. The van der Waals surface area contributed by atoms with Crippen LogP contribution in [-0.2, 0) is 0 Å². The highest BCUT2D eigenvalue weighted by atomic mass is 35.5. The highest BCUT2D eigenvalue weighted by Gasteiger charge is 2.15. The first-order chi connectivity index (χ1) is 14.1. The molecule has 0 spiro atoms. The van der Waals surface area contributed by atoms with Crippen LogP contribution < -0.4 is 15.4 Å². The lowest BCUT2D eigenvalue weighted by Gasteiger charge is -2.27. The van der Waals surface area contributed by atoms with E-state index in [1.807, 2.05) is 19.1 Å². The molecule has 1 saturated heterocycles. The van der Waals surface area contributed by atoms with Gasteiger partial charge in [-0.25, -0.2) is 0 Å². The molecule has 1 aliphatic rings. The van der Waals surface area contributed by atoms with Gasteiger partial charge in [-0.05, 0) is 54.5 Å². The molecular formula is C22H26ClN3O3. The summed E-state index contributed by atoms with van der Waals surface area (Å²) in [7, 11) is 0. The van der Waals surface area contributed by atoms with Crippen molar-refractivity contribution in [2.75, 3.05) is 44.6 Å². The minimum Gasteiger partial charge on any atom is -0.516 e. The second-order valence-electron chi connectivity index (χ2n) is 6.92. The Bertz CT molecular complexity index is 880. The molecule has 1 aliphatic heterocycles. The monoisotopic (exact) mass is 415 g/mol. The predicted octanol–water partition coefficient (Wildman–Crippen LogP) is 3.71. The van der Waals surface area contributed by atoms with Gasteiger partial charge in [-0.3, -0.25) is 9.69 Å². The second-order valence-corrected chi connectivity index (χ2v) is 7.36. The van der Waals surface area contributed by atoms with E-state index in [2.05, 4.69) is 15.5 Å². The van der Waals surface area contributed by atoms with Crippen LogP contribution in [0.3, 0.4) is 0 Å². The van der Waals surface area contributed by atoms with Gasteiger partial charge in [-0.15, -0.1) is 0 Å². The minimum absolute atomic E-state index is 0.283. The third-order valence-electron chi connectivity index (χ3n) is 4.84. The molecule has 0 aromatic heterocycles. The van der Waals surface area contributed by atoms with Crippen molar-refractivity contribution < 1.29 is 14.6 Å². The number of aryl methyl sites for hydroxylation is 1. The van der Waals surface area contributed by atoms with Gasteiger partial charge in [0.05, 0.1) is 11.8 Å². The molecule has 0 unspecified atom stereocenters. The van der Waals surface area contributed by atoms with Crippen LogP contribution in [-0.4, -0.2) is 55.2 Å². The number of anilines is 1. The van der Waals surface area contributed by atoms with Crippen LogP contribution in [0.2, 0.25) is 5.02 Å². The summed E-state index contributed by atoms with van der Waals surface area (Å²) in [6.07, 6.45) is 2.60. The number of carbonyl (C=O) groups is 1. The number of hydrogen-bond donors (Lipinski definition) is 3. The van der Waals surface area contributed by atoms with E-state index >= 15 is 0 Å². The van der Waals surface area contributed by atoms with Gasteiger partial charge in [0.25, 0.3) is 5.91 Å². The van der Waals surface area contributed by atoms with E-state index in [1.165, 1.54) is 0 Å². The summed E-state index contributed by atoms with van der Waals surface area (Å²) in [5.41, 5.74) is 2.88. The van der Waals surface area contributed by atoms with Crippen molar-refractivity contribution in [1.29, 1.82) is 0 Å². The maximum Gasteiger partial charge on any atom is 0.259 e. The Morgan fingerprint density at radius 3 is 2.79 bits per heavy atom. The zero-order chi connectivity index (χ0) is 20.6. The Morgan fingerprint density at radius 2 is 2.07 bits per heavy atom. The van der Waals surface area contributed by atoms with E-state index in [4.69, 9.17) is 21.4 Å². The van der Waals surface area contributed by atoms with Gasteiger partial charge in [-0.1, -0.05) is 17.7 Å². The number of aliphatic hydroxyl groups is 1. The summed E-state index contributed by atoms with van der Waals surface area (Å²) in [5, 5.41) is 15.6. The Hall–Kier alpha value is -2.54. The molecule has 0 bridgehead atoms. The van der Waals surface area contributed by atoms with E-state index in [0.717, 1.165) is 50.1 Å². The molecule has 154 valence electrons. The maximum atomic E-state index is 12.9. The summed E-state index contributed by atoms with van der Waals surface area (Å²) in [6, 6.07) is 10.5. The molecule has 2 aromatic rings. The van der Waals surface area contributed by atoms with Crippen molar-refractivity contribution in [3.8, 4) is 5.75 Å². The molecule has 0 aliphatic carbocycles. The molecule has 3 N–H and O–H groups in total. The average molecular weight is 416 g/mol. The summed E-state index contributed by atoms with van der Waals surface area (Å²) in [6.45, 7) is 7.20. The number of ether oxygens (including phenoxy) is 1. The van der Waals surface area contributed by atoms with Gasteiger partial charge in [0.1, 0.15) is 12.4 Å². The molecule has 29 heavy (non-hydrogen) atoms. The van der Waals surface area contributed by atoms with Crippen molar-refractivity contribution in [3.63, 3.8) is 0 Å². The zero-order valence-corrected chi connectivity index (χ0v) is 17.2. The van der Waals surface area contributed by atoms with Crippen LogP contribution in [0.5, 0.6) is 5.75 Å². The number of hydrogen-bond acceptors (Lipinski definition) is 5. The number of benzene rings is 2. The van der Waals surface area contributed by atoms with Crippen molar-refractivity contribution in [1.82, 2.24) is 10.2 Å². The number of halogens is 1. The van der Waals surface area contributed by atoms with E-state index in [9.17, 15) is 4.79 Å². The third-order valence-corrected chi connectivity index (χ3v) is 5.08. The van der Waals surface area contributed by atoms with Crippen molar-refractivity contribution in [2.24, 2.45) is 0 Å². The van der Waals surface area contributed by atoms with Crippen LogP contribution >= 0.6 is 11.6 Å². The van der Waals surface area contributed by atoms with Crippen LogP contribution in [0.25, 0.3) is 6.08 Å². The maximum absolute atomic E-state index is 12.9. The first-order valence-corrected chi connectivity index (χ1v) is 10.0. The molecule has 0 radical (unpaired) electrons. The van der Waals surface area contributed by atoms with Gasteiger partial charge >= 0.3 is 0 Å². The van der Waals surface area contributed by atoms with Crippen molar-refractivity contribution in [2.45, 2.75) is 6.92 Å². The smallest absolute Gasteiger partial charge is 0.259 e. The van der Waals surface area contributed by atoms with Gasteiger partial charge in [0.15, 0.2) is 0 Å². The Balaban J connectivity index is 1.67. The van der Waals surface area contributed by atoms with Crippen LogP contribution in [0.15, 0.2) is 42.7 Å². The van der Waals surface area contributed by atoms with E-state index in [-0.39, 0.29) is 5.91 Å². The Labute approximate surface area is 176 Å². The van der Waals surface area contributed by atoms with Crippen LogP contribution in [0.1, 0.15) is 21.5 Å².